The topological polar surface area (TPSA) is 51.0 Å². The third-order valence-corrected chi connectivity index (χ3v) is 6.61. The zero-order valence-corrected chi connectivity index (χ0v) is 16.9. The van der Waals surface area contributed by atoms with Gasteiger partial charge in [-0.3, -0.25) is 4.79 Å². The van der Waals surface area contributed by atoms with Gasteiger partial charge in [-0.2, -0.15) is 0 Å². The van der Waals surface area contributed by atoms with E-state index in [0.717, 1.165) is 54.1 Å². The number of hydrogen-bond acceptors (Lipinski definition) is 4. The van der Waals surface area contributed by atoms with Crippen molar-refractivity contribution in [2.24, 2.45) is 5.92 Å². The van der Waals surface area contributed by atoms with Crippen molar-refractivity contribution in [3.63, 3.8) is 0 Å². The number of hydrogen-bond donors (Lipinski definition) is 0. The molecule has 1 amide bonds. The second kappa shape index (κ2) is 7.79. The van der Waals surface area contributed by atoms with Gasteiger partial charge in [0.2, 0.25) is 0 Å². The van der Waals surface area contributed by atoms with Crippen LogP contribution in [-0.2, 0) is 6.54 Å². The van der Waals surface area contributed by atoms with Crippen LogP contribution < -0.4 is 0 Å². The minimum Gasteiger partial charge on any atom is -0.337 e. The Balaban J connectivity index is 1.23. The number of benzene rings is 2. The summed E-state index contributed by atoms with van der Waals surface area (Å²) in [5.74, 6) is 1.63. The van der Waals surface area contributed by atoms with Crippen molar-refractivity contribution in [1.82, 2.24) is 19.4 Å². The lowest BCUT2D eigenvalue weighted by molar-refractivity contribution is 0.0683. The molecule has 0 saturated carbocycles. The first-order chi connectivity index (χ1) is 14.3. The Kier molecular flexibility index (Phi) is 4.86. The first-order valence-corrected chi connectivity index (χ1v) is 10.8. The van der Waals surface area contributed by atoms with E-state index >= 15 is 0 Å². The van der Waals surface area contributed by atoms with Gasteiger partial charge in [0.15, 0.2) is 5.01 Å². The molecule has 1 saturated heterocycles. The number of para-hydroxylation sites is 1. The summed E-state index contributed by atoms with van der Waals surface area (Å²) in [6, 6.07) is 18.2. The van der Waals surface area contributed by atoms with Crippen LogP contribution in [0, 0.1) is 5.92 Å². The number of thiazole rings is 1. The number of imidazole rings is 1. The summed E-state index contributed by atoms with van der Waals surface area (Å²) in [5, 5.41) is 0.602. The molecular formula is C23H22N4OS. The third-order valence-electron chi connectivity index (χ3n) is 5.58. The number of carbonyl (C=O) groups is 1. The van der Waals surface area contributed by atoms with E-state index in [0.29, 0.717) is 10.9 Å². The maximum atomic E-state index is 12.9. The highest BCUT2D eigenvalue weighted by Gasteiger charge is 2.26. The fourth-order valence-corrected chi connectivity index (χ4v) is 4.93. The Labute approximate surface area is 173 Å². The van der Waals surface area contributed by atoms with Crippen LogP contribution in [0.2, 0.25) is 0 Å². The maximum Gasteiger partial charge on any atom is 0.282 e. The van der Waals surface area contributed by atoms with Crippen LogP contribution in [0.3, 0.4) is 0 Å². The third kappa shape index (κ3) is 3.68. The lowest BCUT2D eigenvalue weighted by Crippen LogP contribution is -2.39. The molecule has 0 spiro atoms. The largest absolute Gasteiger partial charge is 0.337 e. The van der Waals surface area contributed by atoms with Gasteiger partial charge in [0.05, 0.1) is 10.2 Å². The van der Waals surface area contributed by atoms with Gasteiger partial charge < -0.3 is 9.47 Å². The Hall–Kier alpha value is -2.99. The van der Waals surface area contributed by atoms with Crippen LogP contribution in [-0.4, -0.2) is 38.4 Å². The van der Waals surface area contributed by atoms with Crippen molar-refractivity contribution in [2.75, 3.05) is 13.1 Å². The van der Waals surface area contributed by atoms with E-state index < -0.39 is 0 Å². The van der Waals surface area contributed by atoms with Gasteiger partial charge in [0, 0.05) is 37.6 Å². The van der Waals surface area contributed by atoms with Gasteiger partial charge >= 0.3 is 0 Å². The number of fused-ring (bicyclic) bond motifs is 1. The summed E-state index contributed by atoms with van der Waals surface area (Å²) >= 11 is 1.49. The molecule has 5 rings (SSSR count). The molecule has 0 atom stereocenters. The lowest BCUT2D eigenvalue weighted by atomic mass is 9.96. The summed E-state index contributed by atoms with van der Waals surface area (Å²) < 4.78 is 3.31. The molecule has 1 aliphatic rings. The second-order valence-corrected chi connectivity index (χ2v) is 8.52. The van der Waals surface area contributed by atoms with Gasteiger partial charge in [-0.25, -0.2) is 9.97 Å². The minimum absolute atomic E-state index is 0.0669. The molecule has 3 heterocycles. The van der Waals surface area contributed by atoms with Crippen molar-refractivity contribution in [3.05, 3.63) is 72.0 Å². The molecule has 0 bridgehead atoms. The summed E-state index contributed by atoms with van der Waals surface area (Å²) in [5.41, 5.74) is 2.05. The van der Waals surface area contributed by atoms with E-state index in [1.165, 1.54) is 11.3 Å². The molecule has 6 heteroatoms. The number of amides is 1. The summed E-state index contributed by atoms with van der Waals surface area (Å²) in [6.45, 7) is 2.51. The summed E-state index contributed by atoms with van der Waals surface area (Å²) in [7, 11) is 0. The molecule has 0 radical (unpaired) electrons. The fraction of sp³-hybridized carbons (Fsp3) is 0.261. The molecule has 146 valence electrons. The minimum atomic E-state index is 0.0669. The van der Waals surface area contributed by atoms with E-state index in [1.807, 2.05) is 53.6 Å². The highest BCUT2D eigenvalue weighted by molar-refractivity contribution is 7.20. The molecule has 2 aromatic heterocycles. The molecule has 0 N–H and O–H groups in total. The predicted molar refractivity (Wildman–Crippen MR) is 116 cm³/mol. The summed E-state index contributed by atoms with van der Waals surface area (Å²) in [6.07, 6.45) is 5.93. The highest BCUT2D eigenvalue weighted by Crippen LogP contribution is 2.26. The summed E-state index contributed by atoms with van der Waals surface area (Å²) in [4.78, 5) is 23.9. The number of carbonyl (C=O) groups excluding carboxylic acids is 1. The Bertz CT molecular complexity index is 1090. The van der Waals surface area contributed by atoms with Crippen molar-refractivity contribution >= 4 is 27.5 Å². The van der Waals surface area contributed by atoms with E-state index in [9.17, 15) is 4.79 Å². The van der Waals surface area contributed by atoms with Crippen LogP contribution in [0.4, 0.5) is 0 Å². The highest BCUT2D eigenvalue weighted by atomic mass is 32.1. The standard InChI is InChI=1S/C23H22N4OS/c28-23(22-25-19-8-4-5-9-20(19)29-22)26-13-10-17(11-14-26)16-27-15-12-24-21(27)18-6-2-1-3-7-18/h1-9,12,15,17H,10-11,13-14,16H2. The van der Waals surface area contributed by atoms with Crippen LogP contribution in [0.25, 0.3) is 21.6 Å². The first kappa shape index (κ1) is 18.1. The number of aromatic nitrogens is 3. The maximum absolute atomic E-state index is 12.9. The van der Waals surface area contributed by atoms with E-state index in [4.69, 9.17) is 0 Å². The molecule has 5 nitrogen and oxygen atoms in total. The SMILES string of the molecule is O=C(c1nc2ccccc2s1)N1CCC(Cn2ccnc2-c2ccccc2)CC1. The molecule has 4 aromatic rings. The first-order valence-electron chi connectivity index (χ1n) is 9.99. The van der Waals surface area contributed by atoms with Crippen LogP contribution in [0.1, 0.15) is 22.6 Å². The zero-order chi connectivity index (χ0) is 19.6. The van der Waals surface area contributed by atoms with Crippen molar-refractivity contribution in [2.45, 2.75) is 19.4 Å². The van der Waals surface area contributed by atoms with Gasteiger partial charge in [-0.05, 0) is 30.9 Å². The number of piperidine rings is 1. The molecule has 0 unspecified atom stereocenters. The van der Waals surface area contributed by atoms with Gasteiger partial charge in [0.25, 0.3) is 5.91 Å². The second-order valence-electron chi connectivity index (χ2n) is 7.49. The average molecular weight is 403 g/mol. The van der Waals surface area contributed by atoms with E-state index in [1.54, 1.807) is 0 Å². The van der Waals surface area contributed by atoms with Crippen molar-refractivity contribution in [1.29, 1.82) is 0 Å². The molecular weight excluding hydrogens is 380 g/mol. The van der Waals surface area contributed by atoms with Crippen molar-refractivity contribution in [3.8, 4) is 11.4 Å². The Morgan fingerprint density at radius 3 is 2.59 bits per heavy atom. The number of nitrogens with zero attached hydrogens (tertiary/aromatic N) is 4. The zero-order valence-electron chi connectivity index (χ0n) is 16.1. The van der Waals surface area contributed by atoms with Crippen molar-refractivity contribution < 1.29 is 4.79 Å². The van der Waals surface area contributed by atoms with Crippen LogP contribution >= 0.6 is 11.3 Å². The molecule has 1 aliphatic heterocycles. The lowest BCUT2D eigenvalue weighted by Gasteiger charge is -2.31. The van der Waals surface area contributed by atoms with Gasteiger partial charge in [0.1, 0.15) is 5.82 Å². The number of rotatable bonds is 4. The Morgan fingerprint density at radius 2 is 1.79 bits per heavy atom. The molecule has 0 aliphatic carbocycles. The van der Waals surface area contributed by atoms with Gasteiger partial charge in [-0.15, -0.1) is 11.3 Å². The van der Waals surface area contributed by atoms with E-state index in [2.05, 4.69) is 32.9 Å². The normalized spacial score (nSPS) is 15.1. The molecule has 29 heavy (non-hydrogen) atoms. The van der Waals surface area contributed by atoms with Gasteiger partial charge in [-0.1, -0.05) is 42.5 Å². The van der Waals surface area contributed by atoms with Crippen LogP contribution in [0.5, 0.6) is 0 Å². The van der Waals surface area contributed by atoms with E-state index in [-0.39, 0.29) is 5.91 Å². The number of likely N-dealkylation sites (tertiary alicyclic amines) is 1. The van der Waals surface area contributed by atoms with Crippen LogP contribution in [0.15, 0.2) is 67.0 Å². The Morgan fingerprint density at radius 1 is 1.03 bits per heavy atom. The smallest absolute Gasteiger partial charge is 0.282 e. The average Bonchev–Trinajstić information content (AvgIpc) is 3.41. The molecule has 1 fully saturated rings. The monoisotopic (exact) mass is 402 g/mol. The fourth-order valence-electron chi connectivity index (χ4n) is 4.00. The predicted octanol–water partition coefficient (Wildman–Crippen LogP) is 4.71. The molecule has 2 aromatic carbocycles. The quantitative estimate of drug-likeness (QED) is 0.497.